The highest BCUT2D eigenvalue weighted by atomic mass is 32.1. The van der Waals surface area contributed by atoms with Crippen LogP contribution in [0, 0.1) is 13.8 Å². The van der Waals surface area contributed by atoms with E-state index in [1.807, 2.05) is 30.3 Å². The molecule has 3 heterocycles. The minimum atomic E-state index is -0.679. The Kier molecular flexibility index (Phi) is 7.48. The number of esters is 2. The van der Waals surface area contributed by atoms with Gasteiger partial charge in [-0.2, -0.15) is 10.2 Å². The first-order valence-electron chi connectivity index (χ1n) is 11.5. The van der Waals surface area contributed by atoms with Gasteiger partial charge < -0.3 is 14.8 Å². The van der Waals surface area contributed by atoms with Crippen LogP contribution in [0.25, 0.3) is 16.6 Å². The van der Waals surface area contributed by atoms with E-state index in [1.165, 1.54) is 4.68 Å². The van der Waals surface area contributed by atoms with Gasteiger partial charge in [0.25, 0.3) is 5.56 Å². The van der Waals surface area contributed by atoms with E-state index in [0.717, 1.165) is 16.0 Å². The molecule has 1 aromatic carbocycles. The smallest absolute Gasteiger partial charge is 0.348 e. The van der Waals surface area contributed by atoms with E-state index in [-0.39, 0.29) is 34.2 Å². The maximum Gasteiger partial charge on any atom is 0.348 e. The molecular weight excluding hydrogens is 498 g/mol. The van der Waals surface area contributed by atoms with Crippen LogP contribution in [-0.2, 0) is 20.8 Å². The summed E-state index contributed by atoms with van der Waals surface area (Å²) in [5, 5.41) is 12.0. The zero-order chi connectivity index (χ0) is 26.7. The van der Waals surface area contributed by atoms with Crippen molar-refractivity contribution in [3.63, 3.8) is 0 Å². The molecule has 37 heavy (non-hydrogen) atoms. The van der Waals surface area contributed by atoms with Gasteiger partial charge in [-0.1, -0.05) is 18.2 Å². The van der Waals surface area contributed by atoms with Gasteiger partial charge in [-0.05, 0) is 45.4 Å². The van der Waals surface area contributed by atoms with Gasteiger partial charge in [-0.3, -0.25) is 9.59 Å². The first-order chi connectivity index (χ1) is 17.8. The summed E-state index contributed by atoms with van der Waals surface area (Å²) < 4.78 is 12.7. The largest absolute Gasteiger partial charge is 0.462 e. The molecular formula is C25H25N5O6S. The summed E-state index contributed by atoms with van der Waals surface area (Å²) in [5.74, 6) is -1.90. The van der Waals surface area contributed by atoms with Gasteiger partial charge >= 0.3 is 11.9 Å². The molecule has 0 aliphatic heterocycles. The Balaban J connectivity index is 1.69. The van der Waals surface area contributed by atoms with Crippen LogP contribution >= 0.6 is 11.3 Å². The van der Waals surface area contributed by atoms with Crippen LogP contribution in [0.15, 0.2) is 41.3 Å². The number of nitrogens with zero attached hydrogens (tertiary/aromatic N) is 4. The molecule has 3 aromatic heterocycles. The summed E-state index contributed by atoms with van der Waals surface area (Å²) in [5.41, 5.74) is 1.41. The first-order valence-corrected chi connectivity index (χ1v) is 12.4. The third kappa shape index (κ3) is 5.00. The Bertz CT molecular complexity index is 1550. The molecule has 0 bridgehead atoms. The molecule has 0 aliphatic rings. The van der Waals surface area contributed by atoms with Crippen molar-refractivity contribution in [3.8, 4) is 5.69 Å². The number of fused-ring (bicyclic) bond motifs is 1. The lowest BCUT2D eigenvalue weighted by Crippen LogP contribution is -2.31. The lowest BCUT2D eigenvalue weighted by atomic mass is 10.1. The summed E-state index contributed by atoms with van der Waals surface area (Å²) >= 11 is 0.909. The minimum absolute atomic E-state index is 0.0670. The molecule has 0 spiro atoms. The predicted molar refractivity (Wildman–Crippen MR) is 137 cm³/mol. The second kappa shape index (κ2) is 10.7. The predicted octanol–water partition coefficient (Wildman–Crippen LogP) is 3.25. The lowest BCUT2D eigenvalue weighted by Gasteiger charge is -2.10. The molecule has 0 saturated carbocycles. The number of anilines is 1. The van der Waals surface area contributed by atoms with Crippen LogP contribution in [0.5, 0.6) is 0 Å². The molecule has 4 aromatic rings. The SMILES string of the molecule is CCOC(=O)c1sc(NC(=O)Cn2nc(C)c3cnn(-c4ccccc4)c3c2=O)c(C(=O)OCC)c1C. The number of para-hydroxylation sites is 1. The molecule has 0 saturated heterocycles. The summed E-state index contributed by atoms with van der Waals surface area (Å²) in [6, 6.07) is 9.15. The van der Waals surface area contributed by atoms with Gasteiger partial charge in [0.05, 0.1) is 36.4 Å². The van der Waals surface area contributed by atoms with Crippen molar-refractivity contribution in [1.82, 2.24) is 19.6 Å². The standard InChI is InChI=1S/C25H25N5O6S/c1-5-35-24(33)19-14(3)21(25(34)36-6-2)37-22(19)27-18(31)13-29-23(32)20-17(15(4)28-29)12-26-30(20)16-10-8-7-9-11-16/h7-12H,5-6,13H2,1-4H3,(H,27,31). The fourth-order valence-corrected chi connectivity index (χ4v) is 4.94. The fourth-order valence-electron chi connectivity index (χ4n) is 3.84. The van der Waals surface area contributed by atoms with Gasteiger partial charge in [0, 0.05) is 5.39 Å². The highest BCUT2D eigenvalue weighted by molar-refractivity contribution is 7.18. The highest BCUT2D eigenvalue weighted by Crippen LogP contribution is 2.34. The Labute approximate surface area is 215 Å². The van der Waals surface area contributed by atoms with Crippen molar-refractivity contribution in [3.05, 3.63) is 68.6 Å². The molecule has 0 unspecified atom stereocenters. The Hall–Kier alpha value is -4.32. The Morgan fingerprint density at radius 3 is 2.38 bits per heavy atom. The fraction of sp³-hybridized carbons (Fsp3) is 0.280. The molecule has 0 radical (unpaired) electrons. The van der Waals surface area contributed by atoms with E-state index in [9.17, 15) is 19.2 Å². The molecule has 1 amide bonds. The number of carbonyl (C=O) groups is 3. The van der Waals surface area contributed by atoms with Crippen molar-refractivity contribution in [2.24, 2.45) is 0 Å². The number of rotatable bonds is 8. The first kappa shape index (κ1) is 25.8. The number of benzene rings is 1. The van der Waals surface area contributed by atoms with Crippen molar-refractivity contribution in [2.45, 2.75) is 34.2 Å². The van der Waals surface area contributed by atoms with E-state index >= 15 is 0 Å². The topological polar surface area (TPSA) is 134 Å². The number of thiophene rings is 1. The molecule has 0 atom stereocenters. The Morgan fingerprint density at radius 2 is 1.70 bits per heavy atom. The number of hydrogen-bond donors (Lipinski definition) is 1. The highest BCUT2D eigenvalue weighted by Gasteiger charge is 2.27. The van der Waals surface area contributed by atoms with Crippen molar-refractivity contribution >= 4 is 45.1 Å². The van der Waals surface area contributed by atoms with Gasteiger partial charge in [0.1, 0.15) is 21.9 Å². The van der Waals surface area contributed by atoms with Crippen molar-refractivity contribution in [1.29, 1.82) is 0 Å². The van der Waals surface area contributed by atoms with Gasteiger partial charge in [-0.15, -0.1) is 11.3 Å². The molecule has 11 nitrogen and oxygen atoms in total. The number of aromatic nitrogens is 4. The number of nitrogens with one attached hydrogen (secondary N) is 1. The monoisotopic (exact) mass is 523 g/mol. The second-order valence-electron chi connectivity index (χ2n) is 7.95. The zero-order valence-electron chi connectivity index (χ0n) is 20.7. The van der Waals surface area contributed by atoms with Gasteiger partial charge in [0.15, 0.2) is 0 Å². The lowest BCUT2D eigenvalue weighted by molar-refractivity contribution is -0.117. The third-order valence-electron chi connectivity index (χ3n) is 5.50. The summed E-state index contributed by atoms with van der Waals surface area (Å²) in [6.45, 7) is 6.47. The number of amides is 1. The summed E-state index contributed by atoms with van der Waals surface area (Å²) in [7, 11) is 0. The average molecular weight is 524 g/mol. The van der Waals surface area contributed by atoms with Crippen LogP contribution in [0.2, 0.25) is 0 Å². The van der Waals surface area contributed by atoms with E-state index < -0.39 is 29.9 Å². The normalized spacial score (nSPS) is 10.9. The van der Waals surface area contributed by atoms with Crippen LogP contribution in [0.1, 0.15) is 45.1 Å². The molecule has 1 N–H and O–H groups in total. The second-order valence-corrected chi connectivity index (χ2v) is 8.97. The molecule has 4 rings (SSSR count). The van der Waals surface area contributed by atoms with Crippen molar-refractivity contribution in [2.75, 3.05) is 18.5 Å². The van der Waals surface area contributed by atoms with Crippen LogP contribution in [0.4, 0.5) is 5.00 Å². The number of hydrogen-bond acceptors (Lipinski definition) is 9. The van der Waals surface area contributed by atoms with Crippen LogP contribution in [0.3, 0.4) is 0 Å². The molecule has 0 fully saturated rings. The van der Waals surface area contributed by atoms with E-state index in [0.29, 0.717) is 22.3 Å². The summed E-state index contributed by atoms with van der Waals surface area (Å²) in [6.07, 6.45) is 1.56. The molecule has 192 valence electrons. The maximum atomic E-state index is 13.3. The zero-order valence-corrected chi connectivity index (χ0v) is 21.5. The molecule has 12 heteroatoms. The third-order valence-corrected chi connectivity index (χ3v) is 6.69. The number of ether oxygens (including phenoxy) is 2. The number of carbonyl (C=O) groups excluding carboxylic acids is 3. The average Bonchev–Trinajstić information content (AvgIpc) is 3.45. The quantitative estimate of drug-likeness (QED) is 0.348. The molecule has 0 aliphatic carbocycles. The maximum absolute atomic E-state index is 13.3. The van der Waals surface area contributed by atoms with Crippen molar-refractivity contribution < 1.29 is 23.9 Å². The van der Waals surface area contributed by atoms with E-state index in [4.69, 9.17) is 9.47 Å². The van der Waals surface area contributed by atoms with Crippen LogP contribution in [-0.4, -0.2) is 50.6 Å². The van der Waals surface area contributed by atoms with E-state index in [1.54, 1.807) is 33.9 Å². The van der Waals surface area contributed by atoms with Crippen LogP contribution < -0.4 is 10.9 Å². The summed E-state index contributed by atoms with van der Waals surface area (Å²) in [4.78, 5) is 51.5. The minimum Gasteiger partial charge on any atom is -0.462 e. The van der Waals surface area contributed by atoms with Gasteiger partial charge in [-0.25, -0.2) is 19.0 Å². The Morgan fingerprint density at radius 1 is 1.03 bits per heavy atom. The van der Waals surface area contributed by atoms with Gasteiger partial charge in [0.2, 0.25) is 5.91 Å². The number of aryl methyl sites for hydroxylation is 1. The van der Waals surface area contributed by atoms with E-state index in [2.05, 4.69) is 15.5 Å².